The van der Waals surface area contributed by atoms with Gasteiger partial charge in [-0.1, -0.05) is 0 Å². The van der Waals surface area contributed by atoms with Crippen LogP contribution in [0.1, 0.15) is 29.5 Å². The van der Waals surface area contributed by atoms with Crippen LogP contribution in [0.2, 0.25) is 17.3 Å². The van der Waals surface area contributed by atoms with E-state index in [-0.39, 0.29) is 0 Å². The van der Waals surface area contributed by atoms with E-state index in [4.69, 9.17) is 0 Å². The predicted molar refractivity (Wildman–Crippen MR) is 97.4 cm³/mol. The van der Waals surface area contributed by atoms with Gasteiger partial charge in [-0.2, -0.15) is 0 Å². The van der Waals surface area contributed by atoms with Crippen LogP contribution < -0.4 is 8.96 Å². The van der Waals surface area contributed by atoms with Crippen LogP contribution in [0, 0.1) is 6.92 Å². The van der Waals surface area contributed by atoms with Crippen molar-refractivity contribution in [2.75, 3.05) is 0 Å². The maximum absolute atomic E-state index is 2.48. The minimum absolute atomic E-state index is 1.24. The Morgan fingerprint density at radius 3 is 2.45 bits per heavy atom. The van der Waals surface area contributed by atoms with Crippen LogP contribution in [-0.2, 0) is 19.9 Å². The molecule has 0 atom stereocenters. The molecule has 0 unspecified atom stereocenters. The Kier molecular flexibility index (Phi) is 4.20. The quantitative estimate of drug-likeness (QED) is 0.568. The van der Waals surface area contributed by atoms with E-state index in [1.54, 1.807) is 15.5 Å². The molecule has 2 aromatic rings. The van der Waals surface area contributed by atoms with Crippen molar-refractivity contribution in [2.24, 2.45) is 7.05 Å². The Morgan fingerprint density at radius 1 is 1.00 bits per heavy atom. The molecular weight excluding hydrogens is 327 g/mol. The third-order valence-corrected chi connectivity index (χ3v) is 9.30. The molecule has 0 saturated carbocycles. The first-order chi connectivity index (χ1) is 10.4. The summed E-state index contributed by atoms with van der Waals surface area (Å²) in [6.07, 6.45) is 7.45. The number of aryl methyl sites for hydroxylation is 3. The number of benzene rings is 1. The van der Waals surface area contributed by atoms with Crippen molar-refractivity contribution in [2.45, 2.75) is 49.9 Å². The molecule has 2 heteroatoms. The van der Waals surface area contributed by atoms with Crippen LogP contribution in [0.15, 0.2) is 30.5 Å². The second-order valence-electron chi connectivity index (χ2n) is 7.76. The summed E-state index contributed by atoms with van der Waals surface area (Å²) in [5.74, 6) is 7.44. The van der Waals surface area contributed by atoms with E-state index in [1.807, 2.05) is 0 Å². The molecule has 0 bridgehead atoms. The van der Waals surface area contributed by atoms with Crippen molar-refractivity contribution >= 4 is 17.7 Å². The van der Waals surface area contributed by atoms with Crippen molar-refractivity contribution in [3.05, 3.63) is 47.2 Å². The van der Waals surface area contributed by atoms with E-state index < -0.39 is 13.3 Å². The molecule has 1 aromatic carbocycles. The van der Waals surface area contributed by atoms with Gasteiger partial charge in [-0.15, -0.1) is 0 Å². The van der Waals surface area contributed by atoms with Gasteiger partial charge in [-0.05, 0) is 0 Å². The Morgan fingerprint density at radius 2 is 1.73 bits per heavy atom. The van der Waals surface area contributed by atoms with Crippen LogP contribution in [0.4, 0.5) is 0 Å². The number of aromatic nitrogens is 1. The molecular formula is C20H28GeN+. The van der Waals surface area contributed by atoms with Crippen LogP contribution in [-0.4, -0.2) is 13.3 Å². The summed E-state index contributed by atoms with van der Waals surface area (Å²) >= 11 is -1.80. The molecule has 0 amide bonds. The molecule has 0 fully saturated rings. The number of hydrogen-bond donors (Lipinski definition) is 0. The van der Waals surface area contributed by atoms with Crippen molar-refractivity contribution in [1.82, 2.24) is 0 Å². The van der Waals surface area contributed by atoms with Gasteiger partial charge in [0, 0.05) is 0 Å². The minimum atomic E-state index is -1.80. The zero-order valence-electron chi connectivity index (χ0n) is 14.7. The molecule has 0 spiro atoms. The van der Waals surface area contributed by atoms with Gasteiger partial charge < -0.3 is 0 Å². The van der Waals surface area contributed by atoms with Gasteiger partial charge in [0.05, 0.1) is 0 Å². The van der Waals surface area contributed by atoms with E-state index >= 15 is 0 Å². The number of nitrogens with zero attached hydrogens (tertiary/aromatic N) is 1. The standard InChI is InChI=1S/C20H28GeN/c1-15-10-11-16-8-6-7-9-18(16)20(15)19-14-17(21(2,3)4)12-13-22(19)5/h10-14H,6-9H2,1-5H3/q+1. The second kappa shape index (κ2) is 5.84. The van der Waals surface area contributed by atoms with Crippen molar-refractivity contribution < 1.29 is 4.57 Å². The summed E-state index contributed by atoms with van der Waals surface area (Å²) in [6, 6.07) is 9.51. The molecule has 3 rings (SSSR count). The fourth-order valence-corrected chi connectivity index (χ4v) is 5.99. The fourth-order valence-electron chi connectivity index (χ4n) is 3.59. The normalized spacial score (nSPS) is 14.8. The molecule has 116 valence electrons. The summed E-state index contributed by atoms with van der Waals surface area (Å²) in [7, 11) is 2.19. The topological polar surface area (TPSA) is 3.88 Å². The van der Waals surface area contributed by atoms with Gasteiger partial charge in [0.25, 0.3) is 0 Å². The van der Waals surface area contributed by atoms with E-state index in [2.05, 4.69) is 66.3 Å². The van der Waals surface area contributed by atoms with Crippen LogP contribution in [0.5, 0.6) is 0 Å². The predicted octanol–water partition coefficient (Wildman–Crippen LogP) is 3.91. The second-order valence-corrected chi connectivity index (χ2v) is 18.4. The first kappa shape index (κ1) is 15.8. The average Bonchev–Trinajstić information content (AvgIpc) is 2.47. The van der Waals surface area contributed by atoms with Gasteiger partial charge in [0.15, 0.2) is 0 Å². The summed E-state index contributed by atoms with van der Waals surface area (Å²) in [5.41, 5.74) is 7.53. The van der Waals surface area contributed by atoms with Crippen LogP contribution >= 0.6 is 0 Å². The third kappa shape index (κ3) is 2.88. The number of hydrogen-bond acceptors (Lipinski definition) is 0. The summed E-state index contributed by atoms with van der Waals surface area (Å²) in [4.78, 5) is 0. The molecule has 0 radical (unpaired) electrons. The van der Waals surface area contributed by atoms with Gasteiger partial charge in [-0.25, -0.2) is 0 Å². The van der Waals surface area contributed by atoms with E-state index in [0.717, 1.165) is 0 Å². The van der Waals surface area contributed by atoms with Crippen molar-refractivity contribution in [3.8, 4) is 11.3 Å². The molecule has 1 aromatic heterocycles. The van der Waals surface area contributed by atoms with Gasteiger partial charge >= 0.3 is 138 Å². The van der Waals surface area contributed by atoms with Crippen LogP contribution in [0.3, 0.4) is 0 Å². The number of pyridine rings is 1. The van der Waals surface area contributed by atoms with Gasteiger partial charge in [0.2, 0.25) is 0 Å². The zero-order chi connectivity index (χ0) is 15.9. The molecule has 1 heterocycles. The molecule has 0 saturated heterocycles. The molecule has 1 nitrogen and oxygen atoms in total. The van der Waals surface area contributed by atoms with Crippen molar-refractivity contribution in [1.29, 1.82) is 0 Å². The molecule has 1 aliphatic rings. The van der Waals surface area contributed by atoms with Gasteiger partial charge in [0.1, 0.15) is 0 Å². The summed E-state index contributed by atoms with van der Waals surface area (Å²) < 4.78 is 3.91. The maximum atomic E-state index is 2.48. The third-order valence-electron chi connectivity index (χ3n) is 5.01. The summed E-state index contributed by atoms with van der Waals surface area (Å²) in [5, 5.41) is 0. The molecule has 0 aliphatic heterocycles. The van der Waals surface area contributed by atoms with Crippen LogP contribution in [0.25, 0.3) is 11.3 Å². The number of rotatable bonds is 2. The molecule has 1 aliphatic carbocycles. The van der Waals surface area contributed by atoms with E-state index in [9.17, 15) is 0 Å². The Balaban J connectivity index is 2.23. The van der Waals surface area contributed by atoms with Crippen molar-refractivity contribution in [3.63, 3.8) is 0 Å². The SMILES string of the molecule is Cc1ccc2c(c1-c1c[c]([Ge]([CH3])([CH3])[CH3])cc[n+]1C)CCCC2. The Bertz CT molecular complexity index is 710. The van der Waals surface area contributed by atoms with E-state index in [0.29, 0.717) is 0 Å². The average molecular weight is 355 g/mol. The summed E-state index contributed by atoms with van der Waals surface area (Å²) in [6.45, 7) is 2.27. The van der Waals surface area contributed by atoms with E-state index in [1.165, 1.54) is 42.5 Å². The zero-order valence-corrected chi connectivity index (χ0v) is 16.8. The monoisotopic (exact) mass is 356 g/mol. The molecule has 0 N–H and O–H groups in total. The van der Waals surface area contributed by atoms with Gasteiger partial charge in [-0.3, -0.25) is 0 Å². The number of fused-ring (bicyclic) bond motifs is 1. The fraction of sp³-hybridized carbons (Fsp3) is 0.450. The Labute approximate surface area is 137 Å². The first-order valence-electron chi connectivity index (χ1n) is 8.50. The first-order valence-corrected chi connectivity index (χ1v) is 15.8. The Hall–Kier alpha value is -1.09. The molecule has 22 heavy (non-hydrogen) atoms.